The zero-order chi connectivity index (χ0) is 23.5. The molecule has 2 aliphatic heterocycles. The summed E-state index contributed by atoms with van der Waals surface area (Å²) < 4.78 is 22.5. The molecule has 0 aliphatic carbocycles. The van der Waals surface area contributed by atoms with Gasteiger partial charge in [0.2, 0.25) is 5.79 Å². The molecule has 3 aromatic rings. The van der Waals surface area contributed by atoms with Crippen molar-refractivity contribution < 1.29 is 43.8 Å². The lowest BCUT2D eigenvalue weighted by atomic mass is 9.98. The number of phenols is 2. The van der Waals surface area contributed by atoms with Crippen molar-refractivity contribution in [3.8, 4) is 28.6 Å². The quantitative estimate of drug-likeness (QED) is 0.422. The Morgan fingerprint density at radius 3 is 2.61 bits per heavy atom. The van der Waals surface area contributed by atoms with Gasteiger partial charge in [0, 0.05) is 36.6 Å². The van der Waals surface area contributed by atoms with Gasteiger partial charge in [-0.2, -0.15) is 0 Å². The van der Waals surface area contributed by atoms with Crippen LogP contribution in [0.2, 0.25) is 0 Å². The number of hydrogen-bond acceptors (Lipinski definition) is 10. The van der Waals surface area contributed by atoms with E-state index in [0.717, 1.165) is 0 Å². The fraction of sp³-hybridized carbons (Fsp3) is 0.304. The Morgan fingerprint density at radius 2 is 1.91 bits per heavy atom. The fourth-order valence-electron chi connectivity index (χ4n) is 4.26. The van der Waals surface area contributed by atoms with Crippen LogP contribution in [0.25, 0.3) is 22.3 Å². The second-order valence-electron chi connectivity index (χ2n) is 8.08. The predicted molar refractivity (Wildman–Crippen MR) is 112 cm³/mol. The largest absolute Gasteiger partial charge is 0.508 e. The van der Waals surface area contributed by atoms with Gasteiger partial charge in [-0.1, -0.05) is 0 Å². The molecule has 10 nitrogen and oxygen atoms in total. The number of esters is 1. The van der Waals surface area contributed by atoms with E-state index in [1.54, 1.807) is 12.1 Å². The monoisotopic (exact) mass is 456 g/mol. The lowest BCUT2D eigenvalue weighted by molar-refractivity contribution is -0.202. The number of benzene rings is 2. The van der Waals surface area contributed by atoms with Gasteiger partial charge in [-0.3, -0.25) is 9.59 Å². The van der Waals surface area contributed by atoms with E-state index in [0.29, 0.717) is 11.1 Å². The van der Waals surface area contributed by atoms with E-state index >= 15 is 0 Å². The normalized spacial score (nSPS) is 25.8. The Kier molecular flexibility index (Phi) is 4.82. The summed E-state index contributed by atoms with van der Waals surface area (Å²) in [6.45, 7) is 0.916. The van der Waals surface area contributed by atoms with Crippen molar-refractivity contribution >= 4 is 16.9 Å². The molecule has 1 aromatic heterocycles. The summed E-state index contributed by atoms with van der Waals surface area (Å²) in [5, 5.41) is 41.0. The van der Waals surface area contributed by atoms with Gasteiger partial charge >= 0.3 is 5.97 Å². The highest BCUT2D eigenvalue weighted by molar-refractivity contribution is 5.90. The molecule has 0 unspecified atom stereocenters. The van der Waals surface area contributed by atoms with E-state index in [2.05, 4.69) is 0 Å². The number of hydrogen-bond donors (Lipinski definition) is 4. The minimum atomic E-state index is -1.72. The van der Waals surface area contributed by atoms with E-state index in [9.17, 15) is 30.0 Å². The molecular formula is C23H20O10. The van der Waals surface area contributed by atoms with E-state index in [1.165, 1.54) is 31.2 Å². The van der Waals surface area contributed by atoms with Crippen LogP contribution in [0.3, 0.4) is 0 Å². The van der Waals surface area contributed by atoms with E-state index in [1.807, 2.05) is 0 Å². The SMILES string of the molecule is CC(=O)OC[C@H]1O[C@@]2(Cc3c(cc(O)c4c(=O)cc(-c5ccc(O)cc5)oc34)O2)[C@@H](O)[C@@H]1O. The van der Waals surface area contributed by atoms with Gasteiger partial charge in [-0.15, -0.1) is 0 Å². The van der Waals surface area contributed by atoms with Crippen LogP contribution >= 0.6 is 0 Å². The third kappa shape index (κ3) is 3.39. The summed E-state index contributed by atoms with van der Waals surface area (Å²) in [6, 6.07) is 8.48. The summed E-state index contributed by atoms with van der Waals surface area (Å²) >= 11 is 0. The molecule has 0 amide bonds. The number of ether oxygens (including phenoxy) is 3. The Morgan fingerprint density at radius 1 is 1.18 bits per heavy atom. The lowest BCUT2D eigenvalue weighted by Gasteiger charge is -2.26. The number of carbonyl (C=O) groups excluding carboxylic acids is 1. The minimum absolute atomic E-state index is 0.0463. The zero-order valence-corrected chi connectivity index (χ0v) is 17.3. The van der Waals surface area contributed by atoms with Crippen LogP contribution in [0.4, 0.5) is 0 Å². The topological polar surface area (TPSA) is 156 Å². The van der Waals surface area contributed by atoms with Gasteiger partial charge < -0.3 is 39.1 Å². The highest BCUT2D eigenvalue weighted by Crippen LogP contribution is 2.48. The maximum atomic E-state index is 12.8. The van der Waals surface area contributed by atoms with Crippen molar-refractivity contribution in [2.75, 3.05) is 6.61 Å². The van der Waals surface area contributed by atoms with Crippen LogP contribution in [-0.4, -0.2) is 57.1 Å². The Labute approximate surface area is 186 Å². The standard InChI is InChI=1S/C23H20O10/c1-10(24)30-9-18-20(28)22(29)23(33-18)8-13-17(32-23)7-15(27)19-14(26)6-16(31-21(13)19)11-2-4-12(25)5-3-11/h2-7,18,20,22,25,27-29H,8-9H2,1H3/t18-,20-,22+,23+/m1/s1. The molecule has 0 saturated carbocycles. The van der Waals surface area contributed by atoms with Crippen LogP contribution in [0.1, 0.15) is 12.5 Å². The van der Waals surface area contributed by atoms with Crippen LogP contribution < -0.4 is 10.2 Å². The van der Waals surface area contributed by atoms with E-state index in [4.69, 9.17) is 18.6 Å². The molecular weight excluding hydrogens is 436 g/mol. The van der Waals surface area contributed by atoms with Gasteiger partial charge in [-0.05, 0) is 24.3 Å². The van der Waals surface area contributed by atoms with Gasteiger partial charge in [-0.25, -0.2) is 0 Å². The van der Waals surface area contributed by atoms with Crippen LogP contribution in [-0.2, 0) is 20.7 Å². The molecule has 0 bridgehead atoms. The smallest absolute Gasteiger partial charge is 0.302 e. The third-order valence-corrected chi connectivity index (χ3v) is 5.86. The molecule has 1 saturated heterocycles. The third-order valence-electron chi connectivity index (χ3n) is 5.86. The first-order chi connectivity index (χ1) is 15.7. The first-order valence-corrected chi connectivity index (χ1v) is 10.2. The number of rotatable bonds is 3. The number of phenolic OH excluding ortho intramolecular Hbond substituents is 2. The lowest BCUT2D eigenvalue weighted by Crippen LogP contribution is -2.47. The second kappa shape index (κ2) is 7.48. The number of aliphatic hydroxyl groups is 2. The fourth-order valence-corrected chi connectivity index (χ4v) is 4.26. The molecule has 0 radical (unpaired) electrons. The molecule has 1 spiro atoms. The predicted octanol–water partition coefficient (Wildman–Crippen LogP) is 1.19. The van der Waals surface area contributed by atoms with Crippen molar-refractivity contribution in [1.29, 1.82) is 0 Å². The Bertz CT molecular complexity index is 1310. The van der Waals surface area contributed by atoms with Crippen molar-refractivity contribution in [1.82, 2.24) is 0 Å². The molecule has 3 heterocycles. The van der Waals surface area contributed by atoms with Gasteiger partial charge in [0.15, 0.2) is 5.43 Å². The number of aromatic hydroxyl groups is 2. The first kappa shape index (κ1) is 21.3. The van der Waals surface area contributed by atoms with Crippen LogP contribution in [0.15, 0.2) is 45.6 Å². The average Bonchev–Trinajstić information content (AvgIpc) is 3.25. The second-order valence-corrected chi connectivity index (χ2v) is 8.08. The van der Waals surface area contributed by atoms with Crippen molar-refractivity contribution in [3.63, 3.8) is 0 Å². The molecule has 33 heavy (non-hydrogen) atoms. The molecule has 2 aliphatic rings. The summed E-state index contributed by atoms with van der Waals surface area (Å²) in [4.78, 5) is 23.9. The molecule has 1 fully saturated rings. The average molecular weight is 456 g/mol. The number of aliphatic hydroxyl groups excluding tert-OH is 2. The van der Waals surface area contributed by atoms with Crippen molar-refractivity contribution in [3.05, 3.63) is 52.2 Å². The van der Waals surface area contributed by atoms with Gasteiger partial charge in [0.1, 0.15) is 58.9 Å². The Hall–Kier alpha value is -3.60. The Balaban J connectivity index is 1.58. The minimum Gasteiger partial charge on any atom is -0.508 e. The molecule has 5 rings (SSSR count). The summed E-state index contributed by atoms with van der Waals surface area (Å²) in [5.74, 6) is -2.31. The molecule has 4 atom stereocenters. The highest BCUT2D eigenvalue weighted by Gasteiger charge is 2.60. The van der Waals surface area contributed by atoms with Crippen LogP contribution in [0, 0.1) is 0 Å². The summed E-state index contributed by atoms with van der Waals surface area (Å²) in [6.07, 6.45) is -4.05. The zero-order valence-electron chi connectivity index (χ0n) is 17.3. The van der Waals surface area contributed by atoms with Gasteiger partial charge in [0.25, 0.3) is 0 Å². The van der Waals surface area contributed by atoms with E-state index in [-0.39, 0.29) is 47.0 Å². The molecule has 10 heteroatoms. The highest BCUT2D eigenvalue weighted by atomic mass is 16.7. The van der Waals surface area contributed by atoms with Crippen molar-refractivity contribution in [2.24, 2.45) is 0 Å². The maximum Gasteiger partial charge on any atom is 0.302 e. The maximum absolute atomic E-state index is 12.8. The molecule has 2 aromatic carbocycles. The summed E-state index contributed by atoms with van der Waals surface area (Å²) in [5.41, 5.74) is 0.430. The number of fused-ring (bicyclic) bond motifs is 3. The van der Waals surface area contributed by atoms with Crippen LogP contribution in [0.5, 0.6) is 17.2 Å². The molecule has 172 valence electrons. The summed E-state index contributed by atoms with van der Waals surface area (Å²) in [7, 11) is 0. The van der Waals surface area contributed by atoms with Crippen molar-refractivity contribution in [2.45, 2.75) is 37.4 Å². The van der Waals surface area contributed by atoms with Gasteiger partial charge in [0.05, 0.1) is 0 Å². The number of carbonyl (C=O) groups is 1. The van der Waals surface area contributed by atoms with E-state index < -0.39 is 35.5 Å². The first-order valence-electron chi connectivity index (χ1n) is 10.2. The molecule has 4 N–H and O–H groups in total.